The smallest absolute Gasteiger partial charge is 0.278 e. The van der Waals surface area contributed by atoms with E-state index in [0.717, 1.165) is 0 Å². The maximum atomic E-state index is 13.0. The fraction of sp³-hybridized carbons (Fsp3) is 0.238. The fourth-order valence-electron chi connectivity index (χ4n) is 2.99. The Morgan fingerprint density at radius 2 is 1.62 bits per heavy atom. The zero-order valence-electron chi connectivity index (χ0n) is 15.2. The number of nitrogens with zero attached hydrogens (tertiary/aromatic N) is 1. The van der Waals surface area contributed by atoms with E-state index < -0.39 is 0 Å². The van der Waals surface area contributed by atoms with Crippen LogP contribution in [-0.2, 0) is 9.59 Å². The maximum absolute atomic E-state index is 13.0. The quantitative estimate of drug-likeness (QED) is 0.808. The average Bonchev–Trinajstić information content (AvgIpc) is 2.88. The number of imide groups is 1. The second-order valence-electron chi connectivity index (χ2n) is 6.24. The number of anilines is 1. The maximum Gasteiger partial charge on any atom is 0.278 e. The lowest BCUT2D eigenvalue weighted by Gasteiger charge is -2.19. The van der Waals surface area contributed by atoms with Crippen molar-refractivity contribution in [2.75, 3.05) is 11.9 Å². The Hall–Kier alpha value is -3.08. The molecular formula is C21H22N2O3. The van der Waals surface area contributed by atoms with Crippen molar-refractivity contribution in [3.8, 4) is 5.75 Å². The molecule has 0 aromatic heterocycles. The average molecular weight is 350 g/mol. The Morgan fingerprint density at radius 3 is 2.27 bits per heavy atom. The van der Waals surface area contributed by atoms with Crippen LogP contribution in [0.15, 0.2) is 60.3 Å². The minimum Gasteiger partial charge on any atom is -0.492 e. The summed E-state index contributed by atoms with van der Waals surface area (Å²) in [6.07, 6.45) is 0. The Kier molecular flexibility index (Phi) is 5.07. The minimum atomic E-state index is -0.324. The number of amides is 2. The minimum absolute atomic E-state index is 0.227. The number of carbonyl (C=O) groups excluding carboxylic acids is 2. The summed E-state index contributed by atoms with van der Waals surface area (Å²) in [6, 6.07) is 16.4. The summed E-state index contributed by atoms with van der Waals surface area (Å²) in [5, 5.41) is 3.15. The summed E-state index contributed by atoms with van der Waals surface area (Å²) in [5.41, 5.74) is 2.03. The number of benzene rings is 2. The predicted octanol–water partition coefficient (Wildman–Crippen LogP) is 3.69. The van der Waals surface area contributed by atoms with Crippen LogP contribution in [0, 0.1) is 0 Å². The van der Waals surface area contributed by atoms with Gasteiger partial charge < -0.3 is 10.1 Å². The van der Waals surface area contributed by atoms with E-state index in [-0.39, 0.29) is 23.6 Å². The summed E-state index contributed by atoms with van der Waals surface area (Å²) in [7, 11) is 0. The van der Waals surface area contributed by atoms with Crippen LogP contribution in [0.5, 0.6) is 5.75 Å². The number of para-hydroxylation sites is 2. The van der Waals surface area contributed by atoms with Gasteiger partial charge in [0.15, 0.2) is 0 Å². The highest BCUT2D eigenvalue weighted by Gasteiger charge is 2.40. The molecule has 1 N–H and O–H groups in total. The first kappa shape index (κ1) is 17.7. The van der Waals surface area contributed by atoms with Crippen LogP contribution in [-0.4, -0.2) is 29.4 Å². The molecule has 0 spiro atoms. The molecule has 0 fully saturated rings. The molecule has 2 amide bonds. The lowest BCUT2D eigenvalue weighted by atomic mass is 10.0. The topological polar surface area (TPSA) is 58.6 Å². The molecule has 1 aliphatic heterocycles. The number of carbonyl (C=O) groups is 2. The van der Waals surface area contributed by atoms with E-state index in [1.54, 1.807) is 0 Å². The van der Waals surface area contributed by atoms with Crippen LogP contribution >= 0.6 is 0 Å². The predicted molar refractivity (Wildman–Crippen MR) is 102 cm³/mol. The molecule has 1 heterocycles. The lowest BCUT2D eigenvalue weighted by Crippen LogP contribution is -2.38. The molecular weight excluding hydrogens is 328 g/mol. The molecule has 2 aromatic carbocycles. The molecule has 0 saturated carbocycles. The molecule has 0 unspecified atom stereocenters. The molecule has 134 valence electrons. The third-order valence-electron chi connectivity index (χ3n) is 4.14. The van der Waals surface area contributed by atoms with Crippen LogP contribution in [0.4, 0.5) is 5.69 Å². The van der Waals surface area contributed by atoms with Crippen molar-refractivity contribution in [3.63, 3.8) is 0 Å². The molecule has 3 rings (SSSR count). The van der Waals surface area contributed by atoms with Gasteiger partial charge in [0.2, 0.25) is 0 Å². The van der Waals surface area contributed by atoms with Gasteiger partial charge in [0.05, 0.1) is 17.9 Å². The van der Waals surface area contributed by atoms with Crippen molar-refractivity contribution in [3.05, 3.63) is 65.9 Å². The number of ether oxygens (including phenoxy) is 1. The molecule has 5 nitrogen and oxygen atoms in total. The molecule has 0 bridgehead atoms. The van der Waals surface area contributed by atoms with Crippen molar-refractivity contribution < 1.29 is 14.3 Å². The largest absolute Gasteiger partial charge is 0.492 e. The normalized spacial score (nSPS) is 14.4. The van der Waals surface area contributed by atoms with Gasteiger partial charge in [-0.1, -0.05) is 42.5 Å². The second-order valence-corrected chi connectivity index (χ2v) is 6.24. The molecule has 26 heavy (non-hydrogen) atoms. The summed E-state index contributed by atoms with van der Waals surface area (Å²) in [5.74, 6) is 0.0286. The zero-order chi connectivity index (χ0) is 18.7. The third kappa shape index (κ3) is 3.20. The van der Waals surface area contributed by atoms with E-state index in [2.05, 4.69) is 5.32 Å². The van der Waals surface area contributed by atoms with Gasteiger partial charge in [-0.25, -0.2) is 0 Å². The van der Waals surface area contributed by atoms with E-state index in [1.807, 2.05) is 75.4 Å². The highest BCUT2D eigenvalue weighted by atomic mass is 16.5. The van der Waals surface area contributed by atoms with Gasteiger partial charge in [0, 0.05) is 6.04 Å². The van der Waals surface area contributed by atoms with Crippen molar-refractivity contribution in [2.24, 2.45) is 0 Å². The Morgan fingerprint density at radius 1 is 0.962 bits per heavy atom. The van der Waals surface area contributed by atoms with Crippen molar-refractivity contribution >= 4 is 23.1 Å². The monoisotopic (exact) mass is 350 g/mol. The first-order valence-electron chi connectivity index (χ1n) is 8.71. The second kappa shape index (κ2) is 7.44. The van der Waals surface area contributed by atoms with Crippen molar-refractivity contribution in [1.29, 1.82) is 0 Å². The van der Waals surface area contributed by atoms with Crippen LogP contribution < -0.4 is 10.1 Å². The van der Waals surface area contributed by atoms with Crippen molar-refractivity contribution in [1.82, 2.24) is 4.90 Å². The molecule has 1 aliphatic rings. The van der Waals surface area contributed by atoms with Crippen molar-refractivity contribution in [2.45, 2.75) is 26.8 Å². The molecule has 0 atom stereocenters. The van der Waals surface area contributed by atoms with Crippen LogP contribution in [0.2, 0.25) is 0 Å². The summed E-state index contributed by atoms with van der Waals surface area (Å²) >= 11 is 0. The van der Waals surface area contributed by atoms with Gasteiger partial charge in [0.1, 0.15) is 11.4 Å². The SMILES string of the molecule is CCOc1ccccc1NC1=C(c2ccccc2)C(=O)N(C(C)C)C1=O. The van der Waals surface area contributed by atoms with Crippen LogP contribution in [0.3, 0.4) is 0 Å². The van der Waals surface area contributed by atoms with Gasteiger partial charge in [0.25, 0.3) is 11.8 Å². The summed E-state index contributed by atoms with van der Waals surface area (Å²) in [6.45, 7) is 6.06. The molecule has 0 aliphatic carbocycles. The van der Waals surface area contributed by atoms with E-state index in [0.29, 0.717) is 29.2 Å². The lowest BCUT2D eigenvalue weighted by molar-refractivity contribution is -0.138. The Balaban J connectivity index is 2.09. The molecule has 0 saturated heterocycles. The summed E-state index contributed by atoms with van der Waals surface area (Å²) in [4.78, 5) is 27.2. The van der Waals surface area contributed by atoms with E-state index in [9.17, 15) is 9.59 Å². The van der Waals surface area contributed by atoms with Crippen LogP contribution in [0.1, 0.15) is 26.3 Å². The Labute approximate surface area is 153 Å². The number of hydrogen-bond donors (Lipinski definition) is 1. The Bertz CT molecular complexity index is 857. The third-order valence-corrected chi connectivity index (χ3v) is 4.14. The summed E-state index contributed by atoms with van der Waals surface area (Å²) < 4.78 is 5.63. The zero-order valence-corrected chi connectivity index (χ0v) is 15.2. The number of hydrogen-bond acceptors (Lipinski definition) is 4. The van der Waals surface area contributed by atoms with Gasteiger partial charge in [-0.05, 0) is 38.5 Å². The molecule has 2 aromatic rings. The number of rotatable bonds is 6. The van der Waals surface area contributed by atoms with E-state index >= 15 is 0 Å². The van der Waals surface area contributed by atoms with Crippen LogP contribution in [0.25, 0.3) is 5.57 Å². The van der Waals surface area contributed by atoms with E-state index in [4.69, 9.17) is 4.74 Å². The highest BCUT2D eigenvalue weighted by Crippen LogP contribution is 2.34. The first-order valence-corrected chi connectivity index (χ1v) is 8.71. The van der Waals surface area contributed by atoms with Gasteiger partial charge >= 0.3 is 0 Å². The number of nitrogens with one attached hydrogen (secondary N) is 1. The van der Waals surface area contributed by atoms with E-state index in [1.165, 1.54) is 4.90 Å². The fourth-order valence-corrected chi connectivity index (χ4v) is 2.99. The van der Waals surface area contributed by atoms with Gasteiger partial charge in [-0.15, -0.1) is 0 Å². The standard InChI is InChI=1S/C21H22N2O3/c1-4-26-17-13-9-8-12-16(17)22-19-18(15-10-6-5-7-11-15)20(24)23(14(2)3)21(19)25/h5-14,22H,4H2,1-3H3. The van der Waals surface area contributed by atoms with Gasteiger partial charge in [-0.2, -0.15) is 0 Å². The van der Waals surface area contributed by atoms with Gasteiger partial charge in [-0.3, -0.25) is 14.5 Å². The molecule has 5 heteroatoms. The molecule has 0 radical (unpaired) electrons. The first-order chi connectivity index (χ1) is 12.5. The highest BCUT2D eigenvalue weighted by molar-refractivity contribution is 6.36.